The van der Waals surface area contributed by atoms with Gasteiger partial charge in [0.15, 0.2) is 0 Å². The number of hydrogen-bond donors (Lipinski definition) is 0. The Morgan fingerprint density at radius 1 is 1.12 bits per heavy atom. The molecule has 6 nitrogen and oxygen atoms in total. The second kappa shape index (κ2) is 10.1. The summed E-state index contributed by atoms with van der Waals surface area (Å²) in [4.78, 5) is 40.7. The quantitative estimate of drug-likeness (QED) is 0.467. The lowest BCUT2D eigenvalue weighted by atomic mass is 10.1. The van der Waals surface area contributed by atoms with Crippen molar-refractivity contribution in [3.8, 4) is 5.75 Å². The van der Waals surface area contributed by atoms with E-state index in [2.05, 4.69) is 15.9 Å². The topological polar surface area (TPSA) is 66.9 Å². The summed E-state index contributed by atoms with van der Waals surface area (Å²) in [7, 11) is 0. The van der Waals surface area contributed by atoms with E-state index in [0.29, 0.717) is 36.0 Å². The highest BCUT2D eigenvalue weighted by atomic mass is 79.9. The van der Waals surface area contributed by atoms with E-state index >= 15 is 0 Å². The van der Waals surface area contributed by atoms with Crippen LogP contribution in [0.2, 0.25) is 5.02 Å². The molecule has 0 aliphatic carbocycles. The first-order valence-corrected chi connectivity index (χ1v) is 12.1. The maximum Gasteiger partial charge on any atom is 0.294 e. The number of carbonyl (C=O) groups is 3. The van der Waals surface area contributed by atoms with Crippen molar-refractivity contribution in [1.29, 1.82) is 0 Å². The third-order valence-electron chi connectivity index (χ3n) is 5.19. The molecule has 166 valence electrons. The SMILES string of the molecule is O=C(CN1C(=O)S/C(=C\c2cc(Br)ccc2OCc2ccc(Cl)cc2)C1=O)N1CCCC1. The van der Waals surface area contributed by atoms with E-state index in [1.807, 2.05) is 24.3 Å². The van der Waals surface area contributed by atoms with E-state index in [-0.39, 0.29) is 17.4 Å². The van der Waals surface area contributed by atoms with Crippen LogP contribution in [0.15, 0.2) is 51.8 Å². The second-order valence-electron chi connectivity index (χ2n) is 7.45. The normalized spacial score (nSPS) is 17.5. The Morgan fingerprint density at radius 2 is 1.84 bits per heavy atom. The number of likely N-dealkylation sites (tertiary alicyclic amines) is 1. The Morgan fingerprint density at radius 3 is 2.56 bits per heavy atom. The first-order valence-electron chi connectivity index (χ1n) is 10.1. The molecule has 2 aliphatic heterocycles. The minimum Gasteiger partial charge on any atom is -0.488 e. The number of amides is 3. The Bertz CT molecular complexity index is 1080. The molecule has 0 saturated carbocycles. The molecule has 4 rings (SSSR count). The molecule has 0 N–H and O–H groups in total. The van der Waals surface area contributed by atoms with Gasteiger partial charge in [0.25, 0.3) is 11.1 Å². The average Bonchev–Trinajstić information content (AvgIpc) is 3.39. The molecule has 2 heterocycles. The molecule has 0 atom stereocenters. The standard InChI is InChI=1S/C23H20BrClN2O4S/c24-17-5-8-19(31-14-15-3-6-18(25)7-4-15)16(11-17)12-20-22(29)27(23(30)32-20)13-21(28)26-9-1-2-10-26/h3-8,11-12H,1-2,9-10,13-14H2/b20-12-. The van der Waals surface area contributed by atoms with Crippen molar-refractivity contribution in [2.45, 2.75) is 19.4 Å². The summed E-state index contributed by atoms with van der Waals surface area (Å²) in [5.41, 5.74) is 1.61. The minimum absolute atomic E-state index is 0.194. The highest BCUT2D eigenvalue weighted by molar-refractivity contribution is 9.10. The number of ether oxygens (including phenoxy) is 1. The van der Waals surface area contributed by atoms with Crippen molar-refractivity contribution in [3.63, 3.8) is 0 Å². The van der Waals surface area contributed by atoms with E-state index in [1.54, 1.807) is 29.2 Å². The number of benzene rings is 2. The molecule has 0 bridgehead atoms. The van der Waals surface area contributed by atoms with Gasteiger partial charge in [-0.3, -0.25) is 19.3 Å². The highest BCUT2D eigenvalue weighted by Crippen LogP contribution is 2.35. The number of thioether (sulfide) groups is 1. The average molecular weight is 536 g/mol. The van der Waals surface area contributed by atoms with Crippen molar-refractivity contribution in [2.24, 2.45) is 0 Å². The van der Waals surface area contributed by atoms with Gasteiger partial charge in [-0.15, -0.1) is 0 Å². The molecule has 2 aromatic carbocycles. The fraction of sp³-hybridized carbons (Fsp3) is 0.261. The van der Waals surface area contributed by atoms with Gasteiger partial charge in [-0.25, -0.2) is 0 Å². The van der Waals surface area contributed by atoms with Crippen LogP contribution in [0, 0.1) is 0 Å². The zero-order valence-corrected chi connectivity index (χ0v) is 20.2. The summed E-state index contributed by atoms with van der Waals surface area (Å²) in [6.45, 7) is 1.46. The number of nitrogens with zero attached hydrogens (tertiary/aromatic N) is 2. The Balaban J connectivity index is 1.50. The molecule has 0 spiro atoms. The van der Waals surface area contributed by atoms with Gasteiger partial charge in [-0.1, -0.05) is 39.7 Å². The van der Waals surface area contributed by atoms with Crippen molar-refractivity contribution >= 4 is 62.4 Å². The summed E-state index contributed by atoms with van der Waals surface area (Å²) < 4.78 is 6.77. The zero-order chi connectivity index (χ0) is 22.7. The Kier molecular flexibility index (Phi) is 7.23. The maximum absolute atomic E-state index is 12.9. The first kappa shape index (κ1) is 22.9. The fourth-order valence-corrected chi connectivity index (χ4v) is 4.82. The van der Waals surface area contributed by atoms with Gasteiger partial charge < -0.3 is 9.64 Å². The molecule has 0 aromatic heterocycles. The van der Waals surface area contributed by atoms with Crippen LogP contribution in [0.25, 0.3) is 6.08 Å². The number of halogens is 2. The van der Waals surface area contributed by atoms with Crippen molar-refractivity contribution < 1.29 is 19.1 Å². The minimum atomic E-state index is -0.462. The highest BCUT2D eigenvalue weighted by Gasteiger charge is 2.37. The van der Waals surface area contributed by atoms with Gasteiger partial charge >= 0.3 is 0 Å². The van der Waals surface area contributed by atoms with Gasteiger partial charge in [0, 0.05) is 28.1 Å². The van der Waals surface area contributed by atoms with Crippen molar-refractivity contribution in [1.82, 2.24) is 9.80 Å². The van der Waals surface area contributed by atoms with E-state index in [0.717, 1.165) is 39.5 Å². The third-order valence-corrected chi connectivity index (χ3v) is 6.84. The summed E-state index contributed by atoms with van der Waals surface area (Å²) in [6, 6.07) is 12.8. The molecule has 2 fully saturated rings. The zero-order valence-electron chi connectivity index (χ0n) is 17.1. The molecule has 2 aliphatic rings. The molecular formula is C23H20BrClN2O4S. The lowest BCUT2D eigenvalue weighted by Crippen LogP contribution is -2.40. The molecular weight excluding hydrogens is 516 g/mol. The number of carbonyl (C=O) groups excluding carboxylic acids is 3. The Labute approximate surface area is 203 Å². The van der Waals surface area contributed by atoms with Crippen molar-refractivity contribution in [2.75, 3.05) is 19.6 Å². The number of rotatable bonds is 6. The van der Waals surface area contributed by atoms with E-state index < -0.39 is 11.1 Å². The monoisotopic (exact) mass is 534 g/mol. The van der Waals surface area contributed by atoms with Crippen LogP contribution < -0.4 is 4.74 Å². The van der Waals surface area contributed by atoms with E-state index in [9.17, 15) is 14.4 Å². The van der Waals surface area contributed by atoms with Crippen LogP contribution in [-0.2, 0) is 16.2 Å². The molecule has 0 unspecified atom stereocenters. The fourth-order valence-electron chi connectivity index (χ4n) is 3.48. The van der Waals surface area contributed by atoms with Crippen LogP contribution in [0.1, 0.15) is 24.0 Å². The van der Waals surface area contributed by atoms with Gasteiger partial charge in [0.2, 0.25) is 5.91 Å². The van der Waals surface area contributed by atoms with Crippen LogP contribution >= 0.6 is 39.3 Å². The largest absolute Gasteiger partial charge is 0.488 e. The van der Waals surface area contributed by atoms with E-state index in [1.165, 1.54) is 0 Å². The summed E-state index contributed by atoms with van der Waals surface area (Å²) in [6.07, 6.45) is 3.54. The van der Waals surface area contributed by atoms with Crippen LogP contribution in [0.3, 0.4) is 0 Å². The lowest BCUT2D eigenvalue weighted by molar-refractivity contribution is -0.135. The molecule has 0 radical (unpaired) electrons. The number of hydrogen-bond acceptors (Lipinski definition) is 5. The van der Waals surface area contributed by atoms with Gasteiger partial charge in [-0.2, -0.15) is 0 Å². The summed E-state index contributed by atoms with van der Waals surface area (Å²) in [5.74, 6) is -0.0836. The molecule has 3 amide bonds. The van der Waals surface area contributed by atoms with Crippen LogP contribution in [0.5, 0.6) is 5.75 Å². The maximum atomic E-state index is 12.9. The molecule has 2 aromatic rings. The lowest BCUT2D eigenvalue weighted by Gasteiger charge is -2.18. The first-order chi connectivity index (χ1) is 15.4. The molecule has 9 heteroatoms. The predicted octanol–water partition coefficient (Wildman–Crippen LogP) is 5.34. The predicted molar refractivity (Wildman–Crippen MR) is 128 cm³/mol. The molecule has 2 saturated heterocycles. The van der Waals surface area contributed by atoms with Gasteiger partial charge in [-0.05, 0) is 66.6 Å². The van der Waals surface area contributed by atoms with E-state index in [4.69, 9.17) is 16.3 Å². The summed E-state index contributed by atoms with van der Waals surface area (Å²) >= 11 is 10.2. The molecule has 32 heavy (non-hydrogen) atoms. The van der Waals surface area contributed by atoms with Gasteiger partial charge in [0.1, 0.15) is 18.9 Å². The van der Waals surface area contributed by atoms with Crippen LogP contribution in [0.4, 0.5) is 4.79 Å². The van der Waals surface area contributed by atoms with Crippen molar-refractivity contribution in [3.05, 3.63) is 68.0 Å². The number of imide groups is 1. The second-order valence-corrected chi connectivity index (χ2v) is 9.80. The third kappa shape index (κ3) is 5.36. The summed E-state index contributed by atoms with van der Waals surface area (Å²) in [5, 5.41) is 0.212. The Hall–Kier alpha value is -2.29. The van der Waals surface area contributed by atoms with Crippen LogP contribution in [-0.4, -0.2) is 46.5 Å². The smallest absolute Gasteiger partial charge is 0.294 e. The van der Waals surface area contributed by atoms with Gasteiger partial charge in [0.05, 0.1) is 4.91 Å².